The summed E-state index contributed by atoms with van der Waals surface area (Å²) < 4.78 is 25.6. The van der Waals surface area contributed by atoms with Crippen LogP contribution in [0, 0.1) is 5.82 Å². The van der Waals surface area contributed by atoms with Crippen molar-refractivity contribution in [3.05, 3.63) is 47.5 Å². The van der Waals surface area contributed by atoms with Gasteiger partial charge in [0.1, 0.15) is 18.0 Å². The molecule has 0 unspecified atom stereocenters. The Labute approximate surface area is 232 Å². The Bertz CT molecular complexity index is 1310. The number of hydrogen-bond donors (Lipinski definition) is 2. The second-order valence-electron chi connectivity index (χ2n) is 10.2. The molecule has 1 saturated carbocycles. The summed E-state index contributed by atoms with van der Waals surface area (Å²) in [5.41, 5.74) is 1.29. The van der Waals surface area contributed by atoms with E-state index < -0.39 is 5.82 Å². The molecule has 2 heterocycles. The third kappa shape index (κ3) is 6.69. The van der Waals surface area contributed by atoms with Crippen LogP contribution in [0.4, 0.5) is 15.9 Å². The van der Waals surface area contributed by atoms with Crippen LogP contribution in [0.2, 0.25) is 5.02 Å². The molecule has 1 aliphatic carbocycles. The normalized spacial score (nSPS) is 20.2. The minimum absolute atomic E-state index is 0.0258. The molecule has 9 nitrogen and oxygen atoms in total. The molecule has 2 N–H and O–H groups in total. The highest BCUT2D eigenvalue weighted by molar-refractivity contribution is 6.31. The fourth-order valence-electron chi connectivity index (χ4n) is 5.09. The summed E-state index contributed by atoms with van der Waals surface area (Å²) in [6.45, 7) is 3.83. The Morgan fingerprint density at radius 3 is 2.56 bits per heavy atom. The van der Waals surface area contributed by atoms with Gasteiger partial charge in [0, 0.05) is 49.4 Å². The molecule has 1 saturated heterocycles. The summed E-state index contributed by atoms with van der Waals surface area (Å²) in [6.07, 6.45) is 5.08. The van der Waals surface area contributed by atoms with Crippen molar-refractivity contribution in [1.82, 2.24) is 25.1 Å². The maximum absolute atomic E-state index is 13.6. The van der Waals surface area contributed by atoms with E-state index in [1.54, 1.807) is 13.2 Å². The maximum atomic E-state index is 13.6. The van der Waals surface area contributed by atoms with Crippen LogP contribution < -0.4 is 20.1 Å². The van der Waals surface area contributed by atoms with Crippen LogP contribution >= 0.6 is 11.6 Å². The van der Waals surface area contributed by atoms with Gasteiger partial charge in [-0.3, -0.25) is 4.79 Å². The van der Waals surface area contributed by atoms with E-state index in [2.05, 4.69) is 32.5 Å². The van der Waals surface area contributed by atoms with Gasteiger partial charge in [0.25, 0.3) is 0 Å². The second-order valence-corrected chi connectivity index (χ2v) is 10.6. The number of carbonyl (C=O) groups is 1. The summed E-state index contributed by atoms with van der Waals surface area (Å²) in [6, 6.07) is 8.41. The van der Waals surface area contributed by atoms with Crippen LogP contribution in [0.1, 0.15) is 25.7 Å². The second kappa shape index (κ2) is 12.3. The number of likely N-dealkylation sites (N-methyl/N-ethyl adjacent to an activating group) is 1. The fourth-order valence-corrected chi connectivity index (χ4v) is 5.27. The smallest absolute Gasteiger partial charge is 0.236 e. The van der Waals surface area contributed by atoms with Gasteiger partial charge < -0.3 is 29.9 Å². The molecule has 0 radical (unpaired) electrons. The van der Waals surface area contributed by atoms with E-state index in [1.165, 1.54) is 18.5 Å². The summed E-state index contributed by atoms with van der Waals surface area (Å²) >= 11 is 5.95. The number of anilines is 2. The lowest BCUT2D eigenvalue weighted by molar-refractivity contribution is -0.132. The Morgan fingerprint density at radius 2 is 1.85 bits per heavy atom. The number of ether oxygens (including phenoxy) is 2. The van der Waals surface area contributed by atoms with Crippen molar-refractivity contribution >= 4 is 39.9 Å². The first-order chi connectivity index (χ1) is 18.9. The summed E-state index contributed by atoms with van der Waals surface area (Å²) in [7, 11) is 3.69. The molecule has 11 heteroatoms. The average Bonchev–Trinajstić information content (AvgIpc) is 2.95. The van der Waals surface area contributed by atoms with Crippen molar-refractivity contribution in [2.24, 2.45) is 0 Å². The highest BCUT2D eigenvalue weighted by Crippen LogP contribution is 2.37. The standard InChI is InChI=1S/C28H34ClFN6O3/c1-35-9-11-36(12-10-35)27(37)16-31-18-3-6-20(7-4-18)39-26-14-21-24(15-25(26)38-2)32-17-33-28(21)34-19-5-8-23(30)22(29)13-19/h5,8,13-15,17-18,20,31H,3-4,6-7,9-12,16H2,1-2H3,(H,32,33,34). The predicted octanol–water partition coefficient (Wildman–Crippen LogP) is 4.23. The fraction of sp³-hybridized carbons (Fsp3) is 0.464. The number of methoxy groups -OCH3 is 1. The molecule has 0 bridgehead atoms. The van der Waals surface area contributed by atoms with Crippen molar-refractivity contribution in [3.8, 4) is 11.5 Å². The van der Waals surface area contributed by atoms with Gasteiger partial charge in [-0.15, -0.1) is 0 Å². The number of hydrogen-bond acceptors (Lipinski definition) is 8. The molecule has 2 aromatic carbocycles. The Kier molecular flexibility index (Phi) is 8.64. The lowest BCUT2D eigenvalue weighted by Crippen LogP contribution is -2.50. The lowest BCUT2D eigenvalue weighted by atomic mass is 9.93. The van der Waals surface area contributed by atoms with Crippen LogP contribution in [-0.2, 0) is 4.79 Å². The van der Waals surface area contributed by atoms with Crippen LogP contribution in [0.15, 0.2) is 36.7 Å². The van der Waals surface area contributed by atoms with Crippen LogP contribution in [-0.4, -0.2) is 84.7 Å². The van der Waals surface area contributed by atoms with Crippen molar-refractivity contribution in [1.29, 1.82) is 0 Å². The molecular formula is C28H34ClFN6O3. The SMILES string of the molecule is COc1cc2ncnc(Nc3ccc(F)c(Cl)c3)c2cc1OC1CCC(NCC(=O)N2CCN(C)CC2)CC1. The van der Waals surface area contributed by atoms with Crippen molar-refractivity contribution in [2.75, 3.05) is 52.2 Å². The quantitative estimate of drug-likeness (QED) is 0.426. The number of fused-ring (bicyclic) bond motifs is 1. The van der Waals surface area contributed by atoms with Gasteiger partial charge in [0.05, 0.1) is 30.3 Å². The van der Waals surface area contributed by atoms with E-state index in [9.17, 15) is 9.18 Å². The van der Waals surface area contributed by atoms with E-state index in [4.69, 9.17) is 21.1 Å². The highest BCUT2D eigenvalue weighted by atomic mass is 35.5. The number of piperazine rings is 1. The Hall–Kier alpha value is -3.21. The highest BCUT2D eigenvalue weighted by Gasteiger charge is 2.25. The molecule has 208 valence electrons. The van der Waals surface area contributed by atoms with E-state index in [-0.39, 0.29) is 17.0 Å². The minimum atomic E-state index is -0.485. The number of halogens is 2. The summed E-state index contributed by atoms with van der Waals surface area (Å²) in [5, 5.41) is 7.42. The van der Waals surface area contributed by atoms with E-state index >= 15 is 0 Å². The number of aromatic nitrogens is 2. The van der Waals surface area contributed by atoms with Gasteiger partial charge >= 0.3 is 0 Å². The van der Waals surface area contributed by atoms with Crippen LogP contribution in [0.3, 0.4) is 0 Å². The van der Waals surface area contributed by atoms with Gasteiger partial charge in [-0.25, -0.2) is 14.4 Å². The monoisotopic (exact) mass is 556 g/mol. The average molecular weight is 557 g/mol. The zero-order valence-corrected chi connectivity index (χ0v) is 23.0. The van der Waals surface area contributed by atoms with E-state index in [0.29, 0.717) is 41.1 Å². The zero-order valence-electron chi connectivity index (χ0n) is 22.3. The molecule has 39 heavy (non-hydrogen) atoms. The van der Waals surface area contributed by atoms with Crippen LogP contribution in [0.25, 0.3) is 10.9 Å². The number of nitrogens with zero attached hydrogens (tertiary/aromatic N) is 4. The first-order valence-electron chi connectivity index (χ1n) is 13.3. The molecule has 0 spiro atoms. The molecule has 0 atom stereocenters. The van der Waals surface area contributed by atoms with Gasteiger partial charge in [-0.1, -0.05) is 11.6 Å². The third-order valence-electron chi connectivity index (χ3n) is 7.47. The van der Waals surface area contributed by atoms with Gasteiger partial charge in [-0.2, -0.15) is 0 Å². The van der Waals surface area contributed by atoms with E-state index in [1.807, 2.05) is 17.0 Å². The van der Waals surface area contributed by atoms with Gasteiger partial charge in [-0.05, 0) is 57.0 Å². The number of carbonyl (C=O) groups excluding carboxylic acids is 1. The molecule has 3 aromatic rings. The number of rotatable bonds is 8. The van der Waals surface area contributed by atoms with E-state index in [0.717, 1.165) is 57.2 Å². The molecule has 2 fully saturated rings. The maximum Gasteiger partial charge on any atom is 0.236 e. The molecule has 5 rings (SSSR count). The third-order valence-corrected chi connectivity index (χ3v) is 7.76. The van der Waals surface area contributed by atoms with Crippen LogP contribution in [0.5, 0.6) is 11.5 Å². The van der Waals surface area contributed by atoms with Gasteiger partial charge in [0.15, 0.2) is 11.5 Å². The Morgan fingerprint density at radius 1 is 1.08 bits per heavy atom. The minimum Gasteiger partial charge on any atom is -0.493 e. The van der Waals surface area contributed by atoms with Crippen molar-refractivity contribution in [3.63, 3.8) is 0 Å². The molecule has 1 aliphatic heterocycles. The number of benzene rings is 2. The summed E-state index contributed by atoms with van der Waals surface area (Å²) in [5.74, 6) is 1.45. The number of amides is 1. The molecular weight excluding hydrogens is 523 g/mol. The van der Waals surface area contributed by atoms with Gasteiger partial charge in [0.2, 0.25) is 5.91 Å². The molecule has 1 amide bonds. The summed E-state index contributed by atoms with van der Waals surface area (Å²) in [4.78, 5) is 25.5. The van der Waals surface area contributed by atoms with Crippen molar-refractivity contribution in [2.45, 2.75) is 37.8 Å². The first-order valence-corrected chi connectivity index (χ1v) is 13.7. The predicted molar refractivity (Wildman–Crippen MR) is 150 cm³/mol. The van der Waals surface area contributed by atoms with Crippen molar-refractivity contribution < 1.29 is 18.7 Å². The number of nitrogens with one attached hydrogen (secondary N) is 2. The Balaban J connectivity index is 1.21. The topological polar surface area (TPSA) is 91.8 Å². The molecule has 2 aliphatic rings. The zero-order chi connectivity index (χ0) is 27.4. The lowest BCUT2D eigenvalue weighted by Gasteiger charge is -2.34. The first kappa shape index (κ1) is 27.4. The largest absolute Gasteiger partial charge is 0.493 e. The molecule has 1 aromatic heterocycles.